The van der Waals surface area contributed by atoms with Gasteiger partial charge in [0.05, 0.1) is 12.4 Å². The zero-order valence-corrected chi connectivity index (χ0v) is 8.12. The van der Waals surface area contributed by atoms with Crippen molar-refractivity contribution in [2.24, 2.45) is 0 Å². The minimum atomic E-state index is 0.183. The van der Waals surface area contributed by atoms with Crippen LogP contribution in [0.5, 0.6) is 0 Å². The Morgan fingerprint density at radius 2 is 2.21 bits per heavy atom. The maximum absolute atomic E-state index is 8.55. The number of hydrogen-bond acceptors (Lipinski definition) is 4. The van der Waals surface area contributed by atoms with Crippen molar-refractivity contribution in [3.8, 4) is 6.07 Å². The van der Waals surface area contributed by atoms with Crippen LogP contribution in [0.1, 0.15) is 31.9 Å². The number of nitrogens with one attached hydrogen (secondary N) is 1. The Labute approximate surface area is 83.0 Å². The van der Waals surface area contributed by atoms with Gasteiger partial charge in [0.25, 0.3) is 0 Å². The first-order valence-electron chi connectivity index (χ1n) is 4.72. The molecule has 1 fully saturated rings. The van der Waals surface area contributed by atoms with Gasteiger partial charge in [0.15, 0.2) is 5.69 Å². The molecule has 2 rings (SSSR count). The van der Waals surface area contributed by atoms with Crippen molar-refractivity contribution >= 4 is 5.82 Å². The molecule has 1 aliphatic rings. The molecule has 0 unspecified atom stereocenters. The molecule has 0 spiro atoms. The lowest BCUT2D eigenvalue weighted by Gasteiger charge is -2.39. The van der Waals surface area contributed by atoms with Crippen LogP contribution in [0, 0.1) is 11.3 Å². The van der Waals surface area contributed by atoms with Crippen LogP contribution in [0.4, 0.5) is 5.82 Å². The van der Waals surface area contributed by atoms with E-state index in [1.54, 1.807) is 6.20 Å². The molecule has 1 saturated carbocycles. The summed E-state index contributed by atoms with van der Waals surface area (Å²) in [5.74, 6) is 0.756. The molecule has 0 amide bonds. The molecule has 0 aliphatic heterocycles. The second kappa shape index (κ2) is 3.26. The van der Waals surface area contributed by atoms with Gasteiger partial charge in [0.2, 0.25) is 0 Å². The summed E-state index contributed by atoms with van der Waals surface area (Å²) in [6.45, 7) is 2.18. The average Bonchev–Trinajstić information content (AvgIpc) is 2.17. The number of hydrogen-bond donors (Lipinski definition) is 1. The van der Waals surface area contributed by atoms with E-state index in [0.29, 0.717) is 5.69 Å². The van der Waals surface area contributed by atoms with Crippen molar-refractivity contribution in [2.45, 2.75) is 31.7 Å². The summed E-state index contributed by atoms with van der Waals surface area (Å²) < 4.78 is 0. The van der Waals surface area contributed by atoms with Gasteiger partial charge in [-0.3, -0.25) is 0 Å². The summed E-state index contributed by atoms with van der Waals surface area (Å²) >= 11 is 0. The quantitative estimate of drug-likeness (QED) is 0.767. The van der Waals surface area contributed by atoms with Crippen molar-refractivity contribution in [2.75, 3.05) is 5.32 Å². The van der Waals surface area contributed by atoms with Crippen LogP contribution in [0.15, 0.2) is 12.4 Å². The predicted octanol–water partition coefficient (Wildman–Crippen LogP) is 1.70. The molecule has 0 aromatic carbocycles. The lowest BCUT2D eigenvalue weighted by Crippen LogP contribution is -2.41. The molecule has 1 aromatic rings. The Bertz CT molecular complexity index is 359. The minimum absolute atomic E-state index is 0.183. The third kappa shape index (κ3) is 1.67. The summed E-state index contributed by atoms with van der Waals surface area (Å²) in [5, 5.41) is 11.9. The summed E-state index contributed by atoms with van der Waals surface area (Å²) in [4.78, 5) is 8.07. The zero-order chi connectivity index (χ0) is 10.0. The molecule has 1 aliphatic carbocycles. The molecule has 0 bridgehead atoms. The van der Waals surface area contributed by atoms with E-state index in [2.05, 4.69) is 22.2 Å². The van der Waals surface area contributed by atoms with E-state index >= 15 is 0 Å². The van der Waals surface area contributed by atoms with E-state index in [1.165, 1.54) is 25.5 Å². The van der Waals surface area contributed by atoms with Crippen LogP contribution in [-0.2, 0) is 0 Å². The molecule has 4 heteroatoms. The lowest BCUT2D eigenvalue weighted by atomic mass is 9.78. The first-order chi connectivity index (χ1) is 6.72. The van der Waals surface area contributed by atoms with Gasteiger partial charge in [0, 0.05) is 5.54 Å². The number of aromatic nitrogens is 2. The van der Waals surface area contributed by atoms with E-state index < -0.39 is 0 Å². The Kier molecular flexibility index (Phi) is 2.08. The summed E-state index contributed by atoms with van der Waals surface area (Å²) in [6.07, 6.45) is 6.73. The molecular formula is C10H12N4. The first-order valence-corrected chi connectivity index (χ1v) is 4.72. The molecule has 0 saturated heterocycles. The fourth-order valence-corrected chi connectivity index (χ4v) is 1.59. The normalized spacial score (nSPS) is 18.0. The van der Waals surface area contributed by atoms with Crippen molar-refractivity contribution < 1.29 is 0 Å². The Morgan fingerprint density at radius 3 is 2.64 bits per heavy atom. The number of nitriles is 1. The maximum atomic E-state index is 8.55. The van der Waals surface area contributed by atoms with Gasteiger partial charge < -0.3 is 5.32 Å². The zero-order valence-electron chi connectivity index (χ0n) is 8.12. The Hall–Kier alpha value is -1.63. The van der Waals surface area contributed by atoms with Gasteiger partial charge in [-0.1, -0.05) is 0 Å². The summed E-state index contributed by atoms with van der Waals surface area (Å²) in [5.41, 5.74) is 0.539. The molecule has 4 nitrogen and oxygen atoms in total. The lowest BCUT2D eigenvalue weighted by molar-refractivity contribution is 0.305. The summed E-state index contributed by atoms with van der Waals surface area (Å²) in [6, 6.07) is 1.94. The standard InChI is InChI=1S/C10H12N4/c1-10(3-2-4-10)14-9-7-12-8(5-11)6-13-9/h6-7H,2-4H2,1H3,(H,13,14). The fraction of sp³-hybridized carbons (Fsp3) is 0.500. The van der Waals surface area contributed by atoms with E-state index in [0.717, 1.165) is 5.82 Å². The van der Waals surface area contributed by atoms with Crippen LogP contribution >= 0.6 is 0 Å². The molecule has 72 valence electrons. The first kappa shape index (κ1) is 8.95. The third-order valence-electron chi connectivity index (χ3n) is 2.65. The molecular weight excluding hydrogens is 176 g/mol. The molecule has 0 atom stereocenters. The Morgan fingerprint density at radius 1 is 1.43 bits per heavy atom. The minimum Gasteiger partial charge on any atom is -0.364 e. The van der Waals surface area contributed by atoms with Crippen LogP contribution in [0.3, 0.4) is 0 Å². The number of nitrogens with zero attached hydrogens (tertiary/aromatic N) is 3. The Balaban J connectivity index is 2.07. The highest BCUT2D eigenvalue weighted by atomic mass is 15.1. The van der Waals surface area contributed by atoms with Gasteiger partial charge in [-0.2, -0.15) is 5.26 Å². The van der Waals surface area contributed by atoms with Gasteiger partial charge in [0.1, 0.15) is 11.9 Å². The van der Waals surface area contributed by atoms with Crippen LogP contribution < -0.4 is 5.32 Å². The molecule has 1 aromatic heterocycles. The van der Waals surface area contributed by atoms with Gasteiger partial charge in [-0.15, -0.1) is 0 Å². The second-order valence-electron chi connectivity index (χ2n) is 3.94. The topological polar surface area (TPSA) is 61.6 Å². The van der Waals surface area contributed by atoms with E-state index in [-0.39, 0.29) is 5.54 Å². The molecule has 1 heterocycles. The number of rotatable bonds is 2. The van der Waals surface area contributed by atoms with Crippen molar-refractivity contribution in [1.82, 2.24) is 9.97 Å². The smallest absolute Gasteiger partial charge is 0.158 e. The van der Waals surface area contributed by atoms with E-state index in [1.807, 2.05) is 6.07 Å². The molecule has 0 radical (unpaired) electrons. The monoisotopic (exact) mass is 188 g/mol. The largest absolute Gasteiger partial charge is 0.364 e. The van der Waals surface area contributed by atoms with Crippen molar-refractivity contribution in [3.63, 3.8) is 0 Å². The van der Waals surface area contributed by atoms with Crippen molar-refractivity contribution in [3.05, 3.63) is 18.1 Å². The predicted molar refractivity (Wildman–Crippen MR) is 52.6 cm³/mol. The molecule has 14 heavy (non-hydrogen) atoms. The maximum Gasteiger partial charge on any atom is 0.158 e. The van der Waals surface area contributed by atoms with Gasteiger partial charge >= 0.3 is 0 Å². The van der Waals surface area contributed by atoms with Gasteiger partial charge in [-0.05, 0) is 26.2 Å². The van der Waals surface area contributed by atoms with Crippen LogP contribution in [-0.4, -0.2) is 15.5 Å². The third-order valence-corrected chi connectivity index (χ3v) is 2.65. The fourth-order valence-electron chi connectivity index (χ4n) is 1.59. The highest BCUT2D eigenvalue weighted by Gasteiger charge is 2.31. The second-order valence-corrected chi connectivity index (χ2v) is 3.94. The highest BCUT2D eigenvalue weighted by molar-refractivity contribution is 5.37. The summed E-state index contributed by atoms with van der Waals surface area (Å²) in [7, 11) is 0. The van der Waals surface area contributed by atoms with E-state index in [9.17, 15) is 0 Å². The highest BCUT2D eigenvalue weighted by Crippen LogP contribution is 2.33. The molecule has 1 N–H and O–H groups in total. The van der Waals surface area contributed by atoms with Crippen molar-refractivity contribution in [1.29, 1.82) is 5.26 Å². The van der Waals surface area contributed by atoms with Gasteiger partial charge in [-0.25, -0.2) is 9.97 Å². The number of anilines is 1. The van der Waals surface area contributed by atoms with E-state index in [4.69, 9.17) is 5.26 Å². The SMILES string of the molecule is CC1(Nc2cnc(C#N)cn2)CCC1. The average molecular weight is 188 g/mol. The van der Waals surface area contributed by atoms with Crippen LogP contribution in [0.25, 0.3) is 0 Å². The van der Waals surface area contributed by atoms with Crippen LogP contribution in [0.2, 0.25) is 0 Å².